The van der Waals surface area contributed by atoms with Crippen LogP contribution in [0, 0.1) is 0 Å². The summed E-state index contributed by atoms with van der Waals surface area (Å²) in [5.74, 6) is 0. The molecule has 1 unspecified atom stereocenters. The first-order valence-corrected chi connectivity index (χ1v) is 7.19. The topological polar surface area (TPSA) is 24.9 Å². The van der Waals surface area contributed by atoms with Gasteiger partial charge in [-0.15, -0.1) is 22.7 Å². The zero-order valence-electron chi connectivity index (χ0n) is 8.24. The number of rotatable bonds is 4. The summed E-state index contributed by atoms with van der Waals surface area (Å²) in [5, 5.41) is 8.46. The molecule has 0 aliphatic carbocycles. The summed E-state index contributed by atoms with van der Waals surface area (Å²) in [6, 6.07) is 4.68. The quantitative estimate of drug-likeness (QED) is 0.923. The molecule has 2 nitrogen and oxygen atoms in total. The molecule has 15 heavy (non-hydrogen) atoms. The molecule has 0 radical (unpaired) electrons. The molecule has 0 bridgehead atoms. The van der Waals surface area contributed by atoms with Gasteiger partial charge in [0.15, 0.2) is 5.13 Å². The van der Waals surface area contributed by atoms with Crippen LogP contribution in [-0.4, -0.2) is 11.0 Å². The Labute approximate surface area is 106 Å². The third-order valence-electron chi connectivity index (χ3n) is 1.93. The van der Waals surface area contributed by atoms with Crippen LogP contribution in [-0.2, 0) is 6.42 Å². The van der Waals surface area contributed by atoms with Gasteiger partial charge in [-0.3, -0.25) is 0 Å². The number of anilines is 1. The molecule has 5 heteroatoms. The molecule has 0 spiro atoms. The van der Waals surface area contributed by atoms with Crippen molar-refractivity contribution in [2.45, 2.75) is 19.4 Å². The van der Waals surface area contributed by atoms with E-state index in [-0.39, 0.29) is 0 Å². The lowest BCUT2D eigenvalue weighted by Gasteiger charge is -2.11. The van der Waals surface area contributed by atoms with E-state index in [1.54, 1.807) is 22.7 Å². The normalized spacial score (nSPS) is 12.7. The molecule has 2 heterocycles. The maximum atomic E-state index is 4.31. The Morgan fingerprint density at radius 3 is 3.00 bits per heavy atom. The number of nitrogens with zero attached hydrogens (tertiary/aromatic N) is 1. The highest BCUT2D eigenvalue weighted by molar-refractivity contribution is 9.10. The Morgan fingerprint density at radius 1 is 1.53 bits per heavy atom. The van der Waals surface area contributed by atoms with Gasteiger partial charge in [0.2, 0.25) is 0 Å². The van der Waals surface area contributed by atoms with Crippen molar-refractivity contribution in [3.05, 3.63) is 32.4 Å². The lowest BCUT2D eigenvalue weighted by atomic mass is 10.2. The molecule has 0 aromatic carbocycles. The maximum Gasteiger partial charge on any atom is 0.183 e. The lowest BCUT2D eigenvalue weighted by molar-refractivity contribution is 0.798. The van der Waals surface area contributed by atoms with Crippen LogP contribution in [0.25, 0.3) is 0 Å². The number of halogens is 1. The highest BCUT2D eigenvalue weighted by atomic mass is 79.9. The zero-order valence-corrected chi connectivity index (χ0v) is 11.5. The highest BCUT2D eigenvalue weighted by Crippen LogP contribution is 2.21. The first-order chi connectivity index (χ1) is 7.24. The fourth-order valence-corrected chi connectivity index (χ4v) is 3.40. The molecule has 80 valence electrons. The lowest BCUT2D eigenvalue weighted by Crippen LogP contribution is -2.17. The van der Waals surface area contributed by atoms with Crippen molar-refractivity contribution < 1.29 is 0 Å². The molecule has 0 amide bonds. The molecule has 2 aromatic heterocycles. The Bertz CT molecular complexity index is 411. The Balaban J connectivity index is 1.90. The smallest absolute Gasteiger partial charge is 0.183 e. The zero-order chi connectivity index (χ0) is 10.7. The summed E-state index contributed by atoms with van der Waals surface area (Å²) in [7, 11) is 0. The van der Waals surface area contributed by atoms with Gasteiger partial charge >= 0.3 is 0 Å². The largest absolute Gasteiger partial charge is 0.359 e. The number of aromatic nitrogens is 1. The summed E-state index contributed by atoms with van der Waals surface area (Å²) < 4.78 is 0.901. The predicted octanol–water partition coefficient (Wildman–Crippen LogP) is 4.01. The molecule has 0 aliphatic heterocycles. The number of thiophene rings is 1. The number of thiazole rings is 1. The van der Waals surface area contributed by atoms with E-state index in [1.165, 1.54) is 4.88 Å². The van der Waals surface area contributed by atoms with E-state index in [9.17, 15) is 0 Å². The molecule has 1 atom stereocenters. The standard InChI is InChI=1S/C10H11BrN2S2/c1-7(5-8-3-2-4-14-8)12-10-13-9(11)6-15-10/h2-4,6-7H,5H2,1H3,(H,12,13). The third kappa shape index (κ3) is 3.29. The summed E-state index contributed by atoms with van der Waals surface area (Å²) in [6.07, 6.45) is 1.05. The molecule has 0 saturated heterocycles. The van der Waals surface area contributed by atoms with Crippen molar-refractivity contribution in [1.29, 1.82) is 0 Å². The molecule has 0 aliphatic rings. The van der Waals surface area contributed by atoms with E-state index >= 15 is 0 Å². The van der Waals surface area contributed by atoms with E-state index < -0.39 is 0 Å². The summed E-state index contributed by atoms with van der Waals surface area (Å²) >= 11 is 6.77. The molecular weight excluding hydrogens is 292 g/mol. The predicted molar refractivity (Wildman–Crippen MR) is 70.9 cm³/mol. The van der Waals surface area contributed by atoms with Gasteiger partial charge in [0.1, 0.15) is 4.60 Å². The second-order valence-corrected chi connectivity index (χ2v) is 6.01. The Kier molecular flexibility index (Phi) is 3.77. The van der Waals surface area contributed by atoms with Gasteiger partial charge < -0.3 is 5.32 Å². The van der Waals surface area contributed by atoms with Gasteiger partial charge in [-0.1, -0.05) is 6.07 Å². The van der Waals surface area contributed by atoms with Crippen LogP contribution >= 0.6 is 38.6 Å². The van der Waals surface area contributed by atoms with E-state index in [4.69, 9.17) is 0 Å². The second kappa shape index (κ2) is 5.09. The monoisotopic (exact) mass is 302 g/mol. The average molecular weight is 303 g/mol. The molecule has 2 aromatic rings. The minimum Gasteiger partial charge on any atom is -0.359 e. The molecule has 1 N–H and O–H groups in total. The average Bonchev–Trinajstić information content (AvgIpc) is 2.77. The second-order valence-electron chi connectivity index (χ2n) is 3.30. The van der Waals surface area contributed by atoms with Crippen LogP contribution in [0.4, 0.5) is 5.13 Å². The number of nitrogens with one attached hydrogen (secondary N) is 1. The molecular formula is C10H11BrN2S2. The fraction of sp³-hybridized carbons (Fsp3) is 0.300. The first-order valence-electron chi connectivity index (χ1n) is 4.64. The van der Waals surface area contributed by atoms with Crippen molar-refractivity contribution >= 4 is 43.7 Å². The highest BCUT2D eigenvalue weighted by Gasteiger charge is 2.06. The van der Waals surface area contributed by atoms with Gasteiger partial charge in [0.25, 0.3) is 0 Å². The number of hydrogen-bond donors (Lipinski definition) is 1. The van der Waals surface area contributed by atoms with Crippen LogP contribution in [0.1, 0.15) is 11.8 Å². The van der Waals surface area contributed by atoms with Crippen LogP contribution in [0.2, 0.25) is 0 Å². The third-order valence-corrected chi connectivity index (χ3v) is 4.32. The van der Waals surface area contributed by atoms with Crippen molar-refractivity contribution in [2.24, 2.45) is 0 Å². The minimum atomic E-state index is 0.418. The molecule has 0 saturated carbocycles. The van der Waals surface area contributed by atoms with Gasteiger partial charge in [0.05, 0.1) is 0 Å². The van der Waals surface area contributed by atoms with Crippen LogP contribution in [0.5, 0.6) is 0 Å². The van der Waals surface area contributed by atoms with Crippen LogP contribution < -0.4 is 5.32 Å². The van der Waals surface area contributed by atoms with E-state index in [2.05, 4.69) is 50.7 Å². The SMILES string of the molecule is CC(Cc1cccs1)Nc1nc(Br)cs1. The van der Waals surface area contributed by atoms with Gasteiger partial charge in [-0.2, -0.15) is 0 Å². The molecule has 2 rings (SSSR count). The van der Waals surface area contributed by atoms with E-state index in [0.717, 1.165) is 16.2 Å². The van der Waals surface area contributed by atoms with E-state index in [0.29, 0.717) is 6.04 Å². The summed E-state index contributed by atoms with van der Waals surface area (Å²) in [4.78, 5) is 5.72. The van der Waals surface area contributed by atoms with Crippen molar-refractivity contribution in [1.82, 2.24) is 4.98 Å². The number of hydrogen-bond acceptors (Lipinski definition) is 4. The Hall–Kier alpha value is -0.390. The molecule has 0 fully saturated rings. The maximum absolute atomic E-state index is 4.31. The van der Waals surface area contributed by atoms with Gasteiger partial charge in [-0.25, -0.2) is 4.98 Å². The van der Waals surface area contributed by atoms with Crippen molar-refractivity contribution in [3.63, 3.8) is 0 Å². The summed E-state index contributed by atoms with van der Waals surface area (Å²) in [5.41, 5.74) is 0. The van der Waals surface area contributed by atoms with Gasteiger partial charge in [0, 0.05) is 22.7 Å². The Morgan fingerprint density at radius 2 is 2.40 bits per heavy atom. The van der Waals surface area contributed by atoms with Crippen molar-refractivity contribution in [3.8, 4) is 0 Å². The van der Waals surface area contributed by atoms with Crippen LogP contribution in [0.3, 0.4) is 0 Å². The fourth-order valence-electron chi connectivity index (χ4n) is 1.31. The van der Waals surface area contributed by atoms with Crippen molar-refractivity contribution in [2.75, 3.05) is 5.32 Å². The first kappa shape index (κ1) is 11.1. The minimum absolute atomic E-state index is 0.418. The van der Waals surface area contributed by atoms with Gasteiger partial charge in [-0.05, 0) is 34.3 Å². The van der Waals surface area contributed by atoms with E-state index in [1.807, 2.05) is 5.38 Å². The summed E-state index contributed by atoms with van der Waals surface area (Å²) in [6.45, 7) is 2.18. The van der Waals surface area contributed by atoms with Crippen LogP contribution in [0.15, 0.2) is 27.5 Å².